The Bertz CT molecular complexity index is 2190. The number of rotatable bonds is 5. The van der Waals surface area contributed by atoms with Gasteiger partial charge in [0.25, 0.3) is 0 Å². The summed E-state index contributed by atoms with van der Waals surface area (Å²) in [5.41, 5.74) is 11.3. The Morgan fingerprint density at radius 1 is 0.520 bits per heavy atom. The lowest BCUT2D eigenvalue weighted by molar-refractivity contribution is 0.143. The van der Waals surface area contributed by atoms with E-state index in [4.69, 9.17) is 4.74 Å². The molecule has 0 spiro atoms. The largest absolute Gasteiger partial charge is 0.489 e. The van der Waals surface area contributed by atoms with Crippen LogP contribution in [0.3, 0.4) is 0 Å². The lowest BCUT2D eigenvalue weighted by Crippen LogP contribution is -2.34. The number of hydrogen-bond donors (Lipinski definition) is 0. The fraction of sp³-hybridized carbons (Fsp3) is 0.167. The molecular formula is C48H39NO. The molecule has 1 aliphatic heterocycles. The Balaban J connectivity index is 1.12. The third-order valence-corrected chi connectivity index (χ3v) is 11.9. The lowest BCUT2D eigenvalue weighted by Gasteiger charge is -2.37. The van der Waals surface area contributed by atoms with Crippen molar-refractivity contribution in [2.75, 3.05) is 4.90 Å². The van der Waals surface area contributed by atoms with Crippen molar-refractivity contribution in [1.29, 1.82) is 0 Å². The summed E-state index contributed by atoms with van der Waals surface area (Å²) in [7, 11) is 0. The van der Waals surface area contributed by atoms with Gasteiger partial charge in [-0.25, -0.2) is 0 Å². The second-order valence-electron chi connectivity index (χ2n) is 14.3. The molecule has 5 unspecified atom stereocenters. The lowest BCUT2D eigenvalue weighted by atomic mass is 9.67. The quantitative estimate of drug-likeness (QED) is 0.185. The molecule has 2 nitrogen and oxygen atoms in total. The summed E-state index contributed by atoms with van der Waals surface area (Å²) in [6.45, 7) is 0. The van der Waals surface area contributed by atoms with Crippen LogP contribution in [0.2, 0.25) is 0 Å². The van der Waals surface area contributed by atoms with Crippen LogP contribution in [0.15, 0.2) is 182 Å². The molecule has 1 fully saturated rings. The van der Waals surface area contributed by atoms with Gasteiger partial charge in [-0.3, -0.25) is 0 Å². The molecule has 50 heavy (non-hydrogen) atoms. The van der Waals surface area contributed by atoms with Crippen molar-refractivity contribution in [1.82, 2.24) is 0 Å². The molecule has 0 N–H and O–H groups in total. The van der Waals surface area contributed by atoms with Crippen LogP contribution in [0.25, 0.3) is 11.1 Å². The van der Waals surface area contributed by atoms with Crippen molar-refractivity contribution in [3.63, 3.8) is 0 Å². The highest BCUT2D eigenvalue weighted by molar-refractivity contribution is 5.86. The number of allylic oxidation sites excluding steroid dienone is 3. The molecule has 4 aliphatic rings. The van der Waals surface area contributed by atoms with Crippen molar-refractivity contribution in [2.45, 2.75) is 36.3 Å². The van der Waals surface area contributed by atoms with Crippen LogP contribution in [0, 0.1) is 11.8 Å². The van der Waals surface area contributed by atoms with Gasteiger partial charge in [-0.15, -0.1) is 0 Å². The summed E-state index contributed by atoms with van der Waals surface area (Å²) < 4.78 is 6.78. The van der Waals surface area contributed by atoms with Crippen LogP contribution in [-0.4, -0.2) is 12.1 Å². The number of fused-ring (bicyclic) bond motifs is 8. The highest BCUT2D eigenvalue weighted by atomic mass is 16.5. The van der Waals surface area contributed by atoms with Gasteiger partial charge < -0.3 is 9.64 Å². The van der Waals surface area contributed by atoms with E-state index in [9.17, 15) is 0 Å². The minimum atomic E-state index is -0.405. The average Bonchev–Trinajstić information content (AvgIpc) is 3.64. The van der Waals surface area contributed by atoms with E-state index in [1.807, 2.05) is 0 Å². The second kappa shape index (κ2) is 11.8. The van der Waals surface area contributed by atoms with Crippen molar-refractivity contribution < 1.29 is 4.74 Å². The normalized spacial score (nSPS) is 23.4. The molecule has 0 saturated heterocycles. The van der Waals surface area contributed by atoms with Gasteiger partial charge in [0.2, 0.25) is 0 Å². The maximum absolute atomic E-state index is 6.78. The van der Waals surface area contributed by atoms with Gasteiger partial charge in [0.15, 0.2) is 0 Å². The number of ether oxygens (including phenoxy) is 1. The molecule has 0 bridgehead atoms. The van der Waals surface area contributed by atoms with Crippen LogP contribution >= 0.6 is 0 Å². The molecule has 0 radical (unpaired) electrons. The molecule has 6 aromatic rings. The zero-order valence-corrected chi connectivity index (χ0v) is 28.0. The first kappa shape index (κ1) is 29.3. The van der Waals surface area contributed by atoms with Crippen molar-refractivity contribution in [2.24, 2.45) is 11.8 Å². The highest BCUT2D eigenvalue weighted by Crippen LogP contribution is 2.56. The Labute approximate surface area is 295 Å². The highest BCUT2D eigenvalue weighted by Gasteiger charge is 2.48. The molecule has 6 aromatic carbocycles. The molecule has 1 saturated carbocycles. The number of para-hydroxylation sites is 2. The van der Waals surface area contributed by atoms with Gasteiger partial charge in [-0.05, 0) is 82.5 Å². The molecule has 0 aromatic heterocycles. The van der Waals surface area contributed by atoms with Crippen LogP contribution in [-0.2, 0) is 5.41 Å². The van der Waals surface area contributed by atoms with Crippen LogP contribution < -0.4 is 9.64 Å². The van der Waals surface area contributed by atoms with Crippen molar-refractivity contribution >= 4 is 11.4 Å². The molecule has 2 heteroatoms. The second-order valence-corrected chi connectivity index (χ2v) is 14.3. The molecular weight excluding hydrogens is 607 g/mol. The van der Waals surface area contributed by atoms with Gasteiger partial charge in [0.05, 0.1) is 5.41 Å². The predicted molar refractivity (Wildman–Crippen MR) is 204 cm³/mol. The fourth-order valence-corrected chi connectivity index (χ4v) is 9.82. The summed E-state index contributed by atoms with van der Waals surface area (Å²) in [5, 5.41) is 0. The summed E-state index contributed by atoms with van der Waals surface area (Å²) >= 11 is 0. The van der Waals surface area contributed by atoms with E-state index in [2.05, 4.69) is 187 Å². The standard InChI is InChI=1S/C48H39NO/c1-3-16-34(17-4-1)48(44-24-12-9-21-40(44)41-22-10-13-25-45(41)48)35-27-29-37(30-28-35)49(36-18-5-2-6-19-36)38-31-33-15-7-8-20-39(33)47-43(32-38)42-23-11-14-26-46(42)50-47/h1-30,33,38-39,43,47H,31-32H2. The molecule has 5 atom stereocenters. The Hall–Kier alpha value is -5.60. The fourth-order valence-electron chi connectivity index (χ4n) is 9.82. The topological polar surface area (TPSA) is 12.5 Å². The van der Waals surface area contributed by atoms with E-state index in [1.54, 1.807) is 0 Å². The predicted octanol–water partition coefficient (Wildman–Crippen LogP) is 11.3. The van der Waals surface area contributed by atoms with E-state index < -0.39 is 5.41 Å². The third kappa shape index (κ3) is 4.41. The summed E-state index contributed by atoms with van der Waals surface area (Å²) in [6, 6.07) is 58.7. The Kier molecular flexibility index (Phi) is 6.91. The number of benzene rings is 6. The summed E-state index contributed by atoms with van der Waals surface area (Å²) in [5.74, 6) is 2.16. The number of hydrogen-bond acceptors (Lipinski definition) is 2. The average molecular weight is 646 g/mol. The van der Waals surface area contributed by atoms with Gasteiger partial charge >= 0.3 is 0 Å². The Morgan fingerprint density at radius 3 is 1.84 bits per heavy atom. The van der Waals surface area contributed by atoms with Crippen LogP contribution in [0.1, 0.15) is 46.6 Å². The monoisotopic (exact) mass is 645 g/mol. The summed E-state index contributed by atoms with van der Waals surface area (Å²) in [6.07, 6.45) is 11.5. The first-order valence-electron chi connectivity index (χ1n) is 18.1. The van der Waals surface area contributed by atoms with E-state index in [1.165, 1.54) is 50.3 Å². The first-order valence-corrected chi connectivity index (χ1v) is 18.1. The summed E-state index contributed by atoms with van der Waals surface area (Å²) in [4.78, 5) is 2.63. The smallest absolute Gasteiger partial charge is 0.123 e. The van der Waals surface area contributed by atoms with Crippen LogP contribution in [0.4, 0.5) is 11.4 Å². The third-order valence-electron chi connectivity index (χ3n) is 11.9. The van der Waals surface area contributed by atoms with Gasteiger partial charge in [-0.1, -0.05) is 152 Å². The SMILES string of the molecule is C1=CC2CC(N(c3ccccc3)c3ccc(C4(c5ccccc5)c5ccccc5-c5ccccc54)cc3)CC3c4ccccc4OC3C2C=C1. The van der Waals surface area contributed by atoms with Crippen LogP contribution in [0.5, 0.6) is 5.75 Å². The Morgan fingerprint density at radius 2 is 1.10 bits per heavy atom. The van der Waals surface area contributed by atoms with Gasteiger partial charge in [0, 0.05) is 34.8 Å². The number of nitrogens with zero attached hydrogens (tertiary/aromatic N) is 1. The van der Waals surface area contributed by atoms with Gasteiger partial charge in [-0.2, -0.15) is 0 Å². The zero-order valence-electron chi connectivity index (χ0n) is 28.0. The minimum Gasteiger partial charge on any atom is -0.489 e. The van der Waals surface area contributed by atoms with E-state index in [-0.39, 0.29) is 12.1 Å². The van der Waals surface area contributed by atoms with Crippen molar-refractivity contribution in [3.8, 4) is 16.9 Å². The number of anilines is 2. The molecule has 3 aliphatic carbocycles. The molecule has 0 amide bonds. The molecule has 10 rings (SSSR count). The molecule has 242 valence electrons. The van der Waals surface area contributed by atoms with Crippen molar-refractivity contribution in [3.05, 3.63) is 210 Å². The molecule has 1 heterocycles. The maximum atomic E-state index is 6.78. The zero-order chi connectivity index (χ0) is 33.1. The maximum Gasteiger partial charge on any atom is 0.123 e. The first-order chi connectivity index (χ1) is 24.8. The van der Waals surface area contributed by atoms with E-state index in [0.717, 1.165) is 18.6 Å². The van der Waals surface area contributed by atoms with E-state index >= 15 is 0 Å². The van der Waals surface area contributed by atoms with Gasteiger partial charge in [0.1, 0.15) is 11.9 Å². The minimum absolute atomic E-state index is 0.150. The van der Waals surface area contributed by atoms with E-state index in [0.29, 0.717) is 17.8 Å².